The van der Waals surface area contributed by atoms with Crippen molar-refractivity contribution in [2.45, 2.75) is 40.5 Å². The van der Waals surface area contributed by atoms with Crippen LogP contribution in [0.25, 0.3) is 11.3 Å². The van der Waals surface area contributed by atoms with Crippen LogP contribution in [0.15, 0.2) is 23.4 Å². The van der Waals surface area contributed by atoms with E-state index in [1.165, 1.54) is 5.56 Å². The third-order valence-corrected chi connectivity index (χ3v) is 5.64. The van der Waals surface area contributed by atoms with Crippen LogP contribution in [0.3, 0.4) is 0 Å². The number of quaternary nitrogens is 1. The van der Waals surface area contributed by atoms with E-state index in [4.69, 9.17) is 0 Å². The van der Waals surface area contributed by atoms with Gasteiger partial charge in [0.15, 0.2) is 0 Å². The van der Waals surface area contributed by atoms with Crippen LogP contribution in [0.1, 0.15) is 42.1 Å². The molecule has 0 fully saturated rings. The zero-order valence-electron chi connectivity index (χ0n) is 16.9. The Morgan fingerprint density at radius 2 is 1.86 bits per heavy atom. The van der Waals surface area contributed by atoms with Crippen LogP contribution in [0.4, 0.5) is 0 Å². The summed E-state index contributed by atoms with van der Waals surface area (Å²) in [5.74, 6) is 0. The summed E-state index contributed by atoms with van der Waals surface area (Å²) in [4.78, 5) is 24.3. The summed E-state index contributed by atoms with van der Waals surface area (Å²) >= 11 is 0. The number of likely N-dealkylation sites (N-methyl/N-ethyl adjacent to an activating group) is 1. The fraction of sp³-hybridized carbons (Fsp3) is 0.450. The Hall–Kier alpha value is -2.71. The van der Waals surface area contributed by atoms with Gasteiger partial charge in [-0.15, -0.1) is 0 Å². The molecule has 28 heavy (non-hydrogen) atoms. The molecule has 0 amide bonds. The number of aromatic amines is 3. The fourth-order valence-corrected chi connectivity index (χ4v) is 3.64. The second kappa shape index (κ2) is 8.12. The van der Waals surface area contributed by atoms with Gasteiger partial charge in [0.25, 0.3) is 5.56 Å². The Labute approximate surface area is 164 Å². The number of aryl methyl sites for hydroxylation is 1. The van der Waals surface area contributed by atoms with Gasteiger partial charge in [0.1, 0.15) is 0 Å². The molecule has 0 bridgehead atoms. The van der Waals surface area contributed by atoms with E-state index < -0.39 is 0 Å². The lowest BCUT2D eigenvalue weighted by Gasteiger charge is -2.41. The molecule has 8 heteroatoms. The number of hydroxylamine groups is 3. The minimum atomic E-state index is -0.217. The highest BCUT2D eigenvalue weighted by molar-refractivity contribution is 5.60. The van der Waals surface area contributed by atoms with E-state index in [1.807, 2.05) is 20.8 Å². The molecule has 0 atom stereocenters. The molecule has 3 rings (SSSR count). The molecule has 0 spiro atoms. The molecule has 0 saturated carbocycles. The zero-order chi connectivity index (χ0) is 20.3. The van der Waals surface area contributed by atoms with Crippen LogP contribution in [0.2, 0.25) is 0 Å². The maximum Gasteiger partial charge on any atom is 0.273 e. The number of nitrogens with one attached hydrogen (secondary N) is 3. The van der Waals surface area contributed by atoms with Crippen molar-refractivity contribution in [1.29, 1.82) is 0 Å². The molecule has 0 aromatic carbocycles. The molecule has 0 aliphatic rings. The van der Waals surface area contributed by atoms with E-state index in [0.29, 0.717) is 37.3 Å². The molecular formula is C20H28N6O2. The lowest BCUT2D eigenvalue weighted by atomic mass is 10.0. The molecule has 3 aromatic rings. The molecule has 0 radical (unpaired) electrons. The first-order valence-electron chi connectivity index (χ1n) is 9.68. The summed E-state index contributed by atoms with van der Waals surface area (Å²) in [6.07, 6.45) is 6.11. The van der Waals surface area contributed by atoms with Crippen LogP contribution >= 0.6 is 0 Å². The maximum atomic E-state index is 12.6. The van der Waals surface area contributed by atoms with Gasteiger partial charge in [-0.2, -0.15) is 0 Å². The molecule has 3 N–H and O–H groups in total. The minimum absolute atomic E-state index is 0.177. The quantitative estimate of drug-likeness (QED) is 0.409. The molecule has 8 nitrogen and oxygen atoms in total. The molecule has 3 heterocycles. The van der Waals surface area contributed by atoms with Crippen LogP contribution < -0.4 is 5.56 Å². The standard InChI is InChI=1S/C20H28N6O2/c1-5-26(28,6-2)10-7-15-13(3)17(24-14(15)4)11-18-19(22-9-8-21-18)16-12-23-25-20(16)27/h8-9,12,24H,5-7,10-11H2,1-4H3,(H2,23,25,27). The first-order chi connectivity index (χ1) is 13.4. The Bertz CT molecular complexity index is 996. The minimum Gasteiger partial charge on any atom is -0.633 e. The van der Waals surface area contributed by atoms with Crippen molar-refractivity contribution < 1.29 is 4.65 Å². The summed E-state index contributed by atoms with van der Waals surface area (Å²) in [6.45, 7) is 9.73. The van der Waals surface area contributed by atoms with Crippen LogP contribution in [-0.2, 0) is 12.8 Å². The van der Waals surface area contributed by atoms with Crippen molar-refractivity contribution in [1.82, 2.24) is 25.1 Å². The van der Waals surface area contributed by atoms with E-state index in [1.54, 1.807) is 18.6 Å². The van der Waals surface area contributed by atoms with Crippen molar-refractivity contribution in [3.8, 4) is 11.3 Å². The molecule has 0 saturated heterocycles. The van der Waals surface area contributed by atoms with Gasteiger partial charge >= 0.3 is 0 Å². The van der Waals surface area contributed by atoms with Gasteiger partial charge in [0, 0.05) is 42.8 Å². The predicted molar refractivity (Wildman–Crippen MR) is 109 cm³/mol. The molecule has 0 unspecified atom stereocenters. The first-order valence-corrected chi connectivity index (χ1v) is 9.68. The van der Waals surface area contributed by atoms with Gasteiger partial charge in [0.2, 0.25) is 0 Å². The monoisotopic (exact) mass is 384 g/mol. The van der Waals surface area contributed by atoms with E-state index in [9.17, 15) is 10.0 Å². The average molecular weight is 384 g/mol. The van der Waals surface area contributed by atoms with Crippen LogP contribution in [0, 0.1) is 19.1 Å². The van der Waals surface area contributed by atoms with Crippen molar-refractivity contribution in [3.05, 3.63) is 62.4 Å². The third-order valence-electron chi connectivity index (χ3n) is 5.64. The first kappa shape index (κ1) is 20.0. The SMILES string of the molecule is CC[N+]([O-])(CC)CCc1c(C)[nH]c(Cc2nccnc2-c2c[nH][nH]c2=O)c1C. The number of hydrogen-bond donors (Lipinski definition) is 3. The predicted octanol–water partition coefficient (Wildman–Crippen LogP) is 2.59. The van der Waals surface area contributed by atoms with Crippen LogP contribution in [0.5, 0.6) is 0 Å². The number of hydrogen-bond acceptors (Lipinski definition) is 4. The number of aromatic nitrogens is 5. The fourth-order valence-electron chi connectivity index (χ4n) is 3.64. The topological polar surface area (TPSA) is 113 Å². The molecule has 3 aromatic heterocycles. The summed E-state index contributed by atoms with van der Waals surface area (Å²) in [5, 5.41) is 17.9. The Morgan fingerprint density at radius 3 is 2.50 bits per heavy atom. The summed E-state index contributed by atoms with van der Waals surface area (Å²) in [6, 6.07) is 0. The summed E-state index contributed by atoms with van der Waals surface area (Å²) < 4.78 is -0.177. The van der Waals surface area contributed by atoms with Gasteiger partial charge < -0.3 is 19.9 Å². The van der Waals surface area contributed by atoms with Gasteiger partial charge in [-0.25, -0.2) is 0 Å². The van der Waals surface area contributed by atoms with E-state index >= 15 is 0 Å². The smallest absolute Gasteiger partial charge is 0.273 e. The highest BCUT2D eigenvalue weighted by Crippen LogP contribution is 2.24. The Balaban J connectivity index is 1.88. The second-order valence-electron chi connectivity index (χ2n) is 7.18. The normalized spacial score (nSPS) is 11.9. The molecule has 0 aliphatic heterocycles. The number of nitrogens with zero attached hydrogens (tertiary/aromatic N) is 3. The molecule has 150 valence electrons. The second-order valence-corrected chi connectivity index (χ2v) is 7.18. The zero-order valence-corrected chi connectivity index (χ0v) is 16.9. The van der Waals surface area contributed by atoms with Crippen LogP contribution in [-0.4, -0.2) is 49.4 Å². The Kier molecular flexibility index (Phi) is 5.81. The lowest BCUT2D eigenvalue weighted by molar-refractivity contribution is -0.876. The number of rotatable bonds is 8. The third kappa shape index (κ3) is 3.93. The van der Waals surface area contributed by atoms with Crippen molar-refractivity contribution in [3.63, 3.8) is 0 Å². The highest BCUT2D eigenvalue weighted by atomic mass is 16.5. The summed E-state index contributed by atoms with van der Waals surface area (Å²) in [5.41, 5.74) is 6.03. The van der Waals surface area contributed by atoms with Gasteiger partial charge in [-0.3, -0.25) is 19.9 Å². The van der Waals surface area contributed by atoms with Gasteiger partial charge in [-0.1, -0.05) is 0 Å². The van der Waals surface area contributed by atoms with E-state index in [0.717, 1.165) is 29.1 Å². The molecular weight excluding hydrogens is 356 g/mol. The van der Waals surface area contributed by atoms with E-state index in [2.05, 4.69) is 32.1 Å². The van der Waals surface area contributed by atoms with E-state index in [-0.39, 0.29) is 10.2 Å². The van der Waals surface area contributed by atoms with Crippen molar-refractivity contribution in [2.75, 3.05) is 19.6 Å². The Morgan fingerprint density at radius 1 is 1.14 bits per heavy atom. The van der Waals surface area contributed by atoms with Crippen molar-refractivity contribution >= 4 is 0 Å². The number of H-pyrrole nitrogens is 3. The largest absolute Gasteiger partial charge is 0.633 e. The van der Waals surface area contributed by atoms with Crippen molar-refractivity contribution in [2.24, 2.45) is 0 Å². The lowest BCUT2D eigenvalue weighted by Crippen LogP contribution is -2.43. The van der Waals surface area contributed by atoms with Gasteiger partial charge in [-0.05, 0) is 38.8 Å². The van der Waals surface area contributed by atoms with Gasteiger partial charge in [0.05, 0.1) is 36.6 Å². The molecule has 0 aliphatic carbocycles. The maximum absolute atomic E-state index is 12.6. The average Bonchev–Trinajstić information content (AvgIpc) is 3.23. The summed E-state index contributed by atoms with van der Waals surface area (Å²) in [7, 11) is 0. The highest BCUT2D eigenvalue weighted by Gasteiger charge is 2.19.